The molecule has 0 saturated heterocycles. The first-order valence-corrected chi connectivity index (χ1v) is 5.13. The molecule has 2 atom stereocenters. The van der Waals surface area contributed by atoms with Crippen LogP contribution in [0.1, 0.15) is 24.9 Å². The first-order valence-electron chi connectivity index (χ1n) is 5.13. The van der Waals surface area contributed by atoms with Crippen molar-refractivity contribution in [3.63, 3.8) is 0 Å². The second kappa shape index (κ2) is 5.83. The van der Waals surface area contributed by atoms with E-state index in [0.717, 1.165) is 12.0 Å². The van der Waals surface area contributed by atoms with Crippen LogP contribution in [0.2, 0.25) is 0 Å². The topological polar surface area (TPSA) is 21.3 Å². The molecule has 1 aromatic rings. The lowest BCUT2D eigenvalue weighted by Gasteiger charge is -2.20. The molecule has 84 valence electrons. The maximum absolute atomic E-state index is 13.0. The van der Waals surface area contributed by atoms with Crippen LogP contribution in [0.25, 0.3) is 0 Å². The normalized spacial score (nSPS) is 14.9. The Labute approximate surface area is 90.4 Å². The van der Waals surface area contributed by atoms with E-state index in [0.29, 0.717) is 0 Å². The van der Waals surface area contributed by atoms with Crippen LogP contribution in [0, 0.1) is 5.82 Å². The molecule has 1 N–H and O–H groups in total. The molecule has 0 fully saturated rings. The summed E-state index contributed by atoms with van der Waals surface area (Å²) in [5.41, 5.74) is 0.960. The monoisotopic (exact) mass is 211 g/mol. The van der Waals surface area contributed by atoms with Crippen molar-refractivity contribution in [2.75, 3.05) is 14.2 Å². The molecule has 0 radical (unpaired) electrons. The van der Waals surface area contributed by atoms with Gasteiger partial charge in [0.15, 0.2) is 0 Å². The van der Waals surface area contributed by atoms with E-state index in [-0.39, 0.29) is 18.0 Å². The molecule has 0 heterocycles. The second-order valence-electron chi connectivity index (χ2n) is 3.68. The zero-order valence-corrected chi connectivity index (χ0v) is 9.46. The quantitative estimate of drug-likeness (QED) is 0.808. The number of hydrogen-bond donors (Lipinski definition) is 1. The van der Waals surface area contributed by atoms with Crippen molar-refractivity contribution in [1.29, 1.82) is 0 Å². The second-order valence-corrected chi connectivity index (χ2v) is 3.68. The predicted octanol–water partition coefficient (Wildman–Crippen LogP) is 2.51. The van der Waals surface area contributed by atoms with Gasteiger partial charge in [0.25, 0.3) is 0 Å². The zero-order valence-electron chi connectivity index (χ0n) is 9.46. The molecule has 0 aliphatic carbocycles. The summed E-state index contributed by atoms with van der Waals surface area (Å²) in [7, 11) is 3.56. The van der Waals surface area contributed by atoms with E-state index in [2.05, 4.69) is 5.32 Å². The number of hydrogen-bond acceptors (Lipinski definition) is 2. The Balaban J connectivity index is 2.73. The molecule has 0 aromatic heterocycles. The van der Waals surface area contributed by atoms with Gasteiger partial charge in [-0.1, -0.05) is 12.1 Å². The molecular formula is C12H18FNO. The van der Waals surface area contributed by atoms with E-state index in [4.69, 9.17) is 4.74 Å². The Morgan fingerprint density at radius 3 is 2.73 bits per heavy atom. The lowest BCUT2D eigenvalue weighted by atomic mass is 10.0. The van der Waals surface area contributed by atoms with Gasteiger partial charge in [-0.3, -0.25) is 0 Å². The van der Waals surface area contributed by atoms with Crippen molar-refractivity contribution in [2.24, 2.45) is 0 Å². The SMILES string of the molecule is CNC(CC(C)OC)c1cccc(F)c1. The van der Waals surface area contributed by atoms with Crippen LogP contribution in [0.15, 0.2) is 24.3 Å². The fraction of sp³-hybridized carbons (Fsp3) is 0.500. The summed E-state index contributed by atoms with van der Waals surface area (Å²) in [5.74, 6) is -0.196. The Morgan fingerprint density at radius 1 is 1.47 bits per heavy atom. The molecule has 1 rings (SSSR count). The van der Waals surface area contributed by atoms with Gasteiger partial charge in [0.05, 0.1) is 6.10 Å². The van der Waals surface area contributed by atoms with Crippen LogP contribution >= 0.6 is 0 Å². The molecule has 15 heavy (non-hydrogen) atoms. The lowest BCUT2D eigenvalue weighted by molar-refractivity contribution is 0.101. The van der Waals surface area contributed by atoms with Crippen molar-refractivity contribution in [3.05, 3.63) is 35.6 Å². The molecule has 1 aromatic carbocycles. The third kappa shape index (κ3) is 3.61. The van der Waals surface area contributed by atoms with Crippen LogP contribution in [-0.2, 0) is 4.74 Å². The van der Waals surface area contributed by atoms with E-state index in [1.807, 2.05) is 20.0 Å². The van der Waals surface area contributed by atoms with Crippen molar-refractivity contribution in [2.45, 2.75) is 25.5 Å². The number of nitrogens with one attached hydrogen (secondary N) is 1. The lowest BCUT2D eigenvalue weighted by Crippen LogP contribution is -2.22. The van der Waals surface area contributed by atoms with Crippen LogP contribution in [0.4, 0.5) is 4.39 Å². The minimum absolute atomic E-state index is 0.135. The summed E-state index contributed by atoms with van der Waals surface area (Å²) in [5, 5.41) is 3.16. The van der Waals surface area contributed by atoms with Crippen LogP contribution in [0.3, 0.4) is 0 Å². The van der Waals surface area contributed by atoms with Gasteiger partial charge in [-0.2, -0.15) is 0 Å². The van der Waals surface area contributed by atoms with Gasteiger partial charge in [0.2, 0.25) is 0 Å². The maximum atomic E-state index is 13.0. The van der Waals surface area contributed by atoms with Gasteiger partial charge < -0.3 is 10.1 Å². The molecule has 2 nitrogen and oxygen atoms in total. The highest BCUT2D eigenvalue weighted by atomic mass is 19.1. The average molecular weight is 211 g/mol. The highest BCUT2D eigenvalue weighted by molar-refractivity contribution is 5.20. The average Bonchev–Trinajstić information content (AvgIpc) is 2.25. The Morgan fingerprint density at radius 2 is 2.20 bits per heavy atom. The molecular weight excluding hydrogens is 193 g/mol. The van der Waals surface area contributed by atoms with Crippen molar-refractivity contribution in [3.8, 4) is 0 Å². The van der Waals surface area contributed by atoms with Crippen molar-refractivity contribution in [1.82, 2.24) is 5.32 Å². The highest BCUT2D eigenvalue weighted by Crippen LogP contribution is 2.19. The summed E-state index contributed by atoms with van der Waals surface area (Å²) in [6.07, 6.45) is 0.988. The van der Waals surface area contributed by atoms with Gasteiger partial charge in [-0.25, -0.2) is 4.39 Å². The number of methoxy groups -OCH3 is 1. The molecule has 2 unspecified atom stereocenters. The molecule has 0 amide bonds. The van der Waals surface area contributed by atoms with Crippen molar-refractivity contribution >= 4 is 0 Å². The van der Waals surface area contributed by atoms with Gasteiger partial charge >= 0.3 is 0 Å². The fourth-order valence-corrected chi connectivity index (χ4v) is 1.57. The standard InChI is InChI=1S/C12H18FNO/c1-9(15-3)7-12(14-2)10-5-4-6-11(13)8-10/h4-6,8-9,12,14H,7H2,1-3H3. The fourth-order valence-electron chi connectivity index (χ4n) is 1.57. The van der Waals surface area contributed by atoms with Gasteiger partial charge in [0, 0.05) is 13.2 Å². The van der Waals surface area contributed by atoms with E-state index < -0.39 is 0 Å². The summed E-state index contributed by atoms with van der Waals surface area (Å²) in [4.78, 5) is 0. The minimum atomic E-state index is -0.196. The highest BCUT2D eigenvalue weighted by Gasteiger charge is 2.13. The van der Waals surface area contributed by atoms with Gasteiger partial charge in [-0.05, 0) is 38.1 Å². The Kier molecular flexibility index (Phi) is 4.72. The number of halogens is 1. The summed E-state index contributed by atoms with van der Waals surface area (Å²) < 4.78 is 18.2. The molecule has 3 heteroatoms. The zero-order chi connectivity index (χ0) is 11.3. The molecule has 0 bridgehead atoms. The van der Waals surface area contributed by atoms with E-state index in [1.165, 1.54) is 6.07 Å². The number of rotatable bonds is 5. The third-order valence-electron chi connectivity index (χ3n) is 2.57. The van der Waals surface area contributed by atoms with Crippen LogP contribution < -0.4 is 5.32 Å². The number of ether oxygens (including phenoxy) is 1. The summed E-state index contributed by atoms with van der Waals surface area (Å²) >= 11 is 0. The summed E-state index contributed by atoms with van der Waals surface area (Å²) in [6.45, 7) is 2.00. The first kappa shape index (κ1) is 12.1. The van der Waals surface area contributed by atoms with Gasteiger partial charge in [0.1, 0.15) is 5.82 Å². The van der Waals surface area contributed by atoms with E-state index in [9.17, 15) is 4.39 Å². The number of benzene rings is 1. The smallest absolute Gasteiger partial charge is 0.123 e. The van der Waals surface area contributed by atoms with E-state index in [1.54, 1.807) is 19.2 Å². The largest absolute Gasteiger partial charge is 0.382 e. The Hall–Kier alpha value is -0.930. The molecule has 0 aliphatic heterocycles. The van der Waals surface area contributed by atoms with Crippen LogP contribution in [-0.4, -0.2) is 20.3 Å². The molecule has 0 aliphatic rings. The minimum Gasteiger partial charge on any atom is -0.382 e. The van der Waals surface area contributed by atoms with Gasteiger partial charge in [-0.15, -0.1) is 0 Å². The van der Waals surface area contributed by atoms with Crippen molar-refractivity contribution < 1.29 is 9.13 Å². The third-order valence-corrected chi connectivity index (χ3v) is 2.57. The molecule has 0 spiro atoms. The predicted molar refractivity (Wildman–Crippen MR) is 59.3 cm³/mol. The first-order chi connectivity index (χ1) is 7.17. The maximum Gasteiger partial charge on any atom is 0.123 e. The Bertz CT molecular complexity index is 303. The molecule has 0 saturated carbocycles. The van der Waals surface area contributed by atoms with E-state index >= 15 is 0 Å². The van der Waals surface area contributed by atoms with Crippen LogP contribution in [0.5, 0.6) is 0 Å². The summed E-state index contributed by atoms with van der Waals surface area (Å²) in [6, 6.07) is 6.80.